The number of benzene rings is 2. The Morgan fingerprint density at radius 2 is 1.61 bits per heavy atom. The number of carboxylic acid groups (broad SMARTS) is 1. The van der Waals surface area contributed by atoms with Gasteiger partial charge < -0.3 is 21.9 Å². The maximum atomic E-state index is 11.5. The number of nitrogens with one attached hydrogen (secondary N) is 1. The minimum absolute atomic E-state index is 0.0829. The highest BCUT2D eigenvalue weighted by molar-refractivity contribution is 5.88. The average Bonchev–Trinajstić information content (AvgIpc) is 2.71. The zero-order valence-electron chi connectivity index (χ0n) is 15.5. The van der Waals surface area contributed by atoms with Crippen LogP contribution in [0, 0.1) is 0 Å². The van der Waals surface area contributed by atoms with Crippen molar-refractivity contribution in [2.24, 2.45) is 0 Å². The van der Waals surface area contributed by atoms with E-state index in [2.05, 4.69) is 10.3 Å². The molecule has 0 saturated carbocycles. The molecule has 7 heteroatoms. The van der Waals surface area contributed by atoms with Gasteiger partial charge in [-0.15, -0.1) is 0 Å². The van der Waals surface area contributed by atoms with E-state index in [0.29, 0.717) is 5.69 Å². The van der Waals surface area contributed by atoms with Crippen LogP contribution in [0.1, 0.15) is 24.1 Å². The van der Waals surface area contributed by atoms with Crippen LogP contribution in [0.3, 0.4) is 0 Å². The summed E-state index contributed by atoms with van der Waals surface area (Å²) in [5.74, 6) is 0.309. The lowest BCUT2D eigenvalue weighted by Crippen LogP contribution is -2.30. The van der Waals surface area contributed by atoms with E-state index in [0.717, 1.165) is 16.0 Å². The third-order valence-electron chi connectivity index (χ3n) is 4.46. The first-order valence-corrected chi connectivity index (χ1v) is 8.94. The van der Waals surface area contributed by atoms with Gasteiger partial charge in [0.05, 0.1) is 17.4 Å². The predicted molar refractivity (Wildman–Crippen MR) is 112 cm³/mol. The lowest BCUT2D eigenvalue weighted by Gasteiger charge is -2.24. The van der Waals surface area contributed by atoms with Crippen molar-refractivity contribution in [2.75, 3.05) is 28.2 Å². The number of pyridine rings is 1. The Morgan fingerprint density at radius 1 is 1.07 bits per heavy atom. The minimum atomic E-state index is -1.10. The highest BCUT2D eigenvalue weighted by Gasteiger charge is 2.20. The normalized spacial score (nSPS) is 10.6. The molecule has 0 bridgehead atoms. The molecule has 0 aliphatic rings. The zero-order valence-corrected chi connectivity index (χ0v) is 15.5. The number of nitrogens with two attached hydrogens (primary N) is 2. The maximum absolute atomic E-state index is 11.5. The third kappa shape index (κ3) is 3.98. The van der Waals surface area contributed by atoms with Crippen LogP contribution in [0.5, 0.6) is 0 Å². The van der Waals surface area contributed by atoms with Gasteiger partial charge in [-0.1, -0.05) is 60.7 Å². The molecular formula is C21H23N5O2. The first kappa shape index (κ1) is 19.0. The van der Waals surface area contributed by atoms with Gasteiger partial charge >= 0.3 is 6.09 Å². The number of nitrogen functional groups attached to an aromatic ring is 2. The molecule has 0 unspecified atom stereocenters. The fraction of sp³-hybridized carbons (Fsp3) is 0.143. The minimum Gasteiger partial charge on any atom is -0.465 e. The van der Waals surface area contributed by atoms with Gasteiger partial charge in [-0.2, -0.15) is 0 Å². The van der Waals surface area contributed by atoms with Crippen molar-refractivity contribution < 1.29 is 9.90 Å². The van der Waals surface area contributed by atoms with E-state index in [-0.39, 0.29) is 29.9 Å². The molecular weight excluding hydrogens is 354 g/mol. The second-order valence-corrected chi connectivity index (χ2v) is 6.25. The van der Waals surface area contributed by atoms with Gasteiger partial charge in [-0.05, 0) is 18.1 Å². The van der Waals surface area contributed by atoms with Gasteiger partial charge in [0.15, 0.2) is 5.82 Å². The highest BCUT2D eigenvalue weighted by Crippen LogP contribution is 2.34. The van der Waals surface area contributed by atoms with Gasteiger partial charge in [0.25, 0.3) is 0 Å². The molecule has 0 radical (unpaired) electrons. The molecule has 0 aliphatic heterocycles. The first-order chi connectivity index (χ1) is 13.5. The average molecular weight is 377 g/mol. The van der Waals surface area contributed by atoms with Crippen molar-refractivity contribution in [3.05, 3.63) is 77.9 Å². The number of rotatable bonds is 6. The molecule has 0 fully saturated rings. The summed E-state index contributed by atoms with van der Waals surface area (Å²) in [5, 5.41) is 12.8. The summed E-state index contributed by atoms with van der Waals surface area (Å²) in [4.78, 5) is 16.7. The van der Waals surface area contributed by atoms with Crippen LogP contribution >= 0.6 is 0 Å². The van der Waals surface area contributed by atoms with Crippen LogP contribution in [0.2, 0.25) is 0 Å². The summed E-state index contributed by atoms with van der Waals surface area (Å²) < 4.78 is 0. The number of nitrogens with zero attached hydrogens (tertiary/aromatic N) is 2. The molecule has 0 aliphatic carbocycles. The number of aromatic nitrogens is 1. The van der Waals surface area contributed by atoms with Crippen LogP contribution in [0.25, 0.3) is 0 Å². The molecule has 1 amide bonds. The monoisotopic (exact) mass is 377 g/mol. The van der Waals surface area contributed by atoms with Crippen molar-refractivity contribution in [3.63, 3.8) is 0 Å². The van der Waals surface area contributed by atoms with Gasteiger partial charge in [0, 0.05) is 12.6 Å². The number of hydrogen-bond acceptors (Lipinski definition) is 5. The molecule has 144 valence electrons. The molecule has 3 rings (SSSR count). The first-order valence-electron chi connectivity index (χ1n) is 8.94. The fourth-order valence-electron chi connectivity index (χ4n) is 3.02. The van der Waals surface area contributed by atoms with E-state index in [1.54, 1.807) is 13.0 Å². The molecule has 2 aromatic carbocycles. The van der Waals surface area contributed by atoms with E-state index in [4.69, 9.17) is 11.5 Å². The standard InChI is InChI=1S/C21H23N5O2/c1-2-26(21(27)28)17-13-16(18(22)20(23)25-17)24-19(14-9-5-3-6-10-14)15-11-7-4-8-12-15/h3-13,19H,2,22H2,1H3,(H,27,28)(H3,23,24,25). The van der Waals surface area contributed by atoms with Crippen LogP contribution in [-0.2, 0) is 0 Å². The Bertz CT molecular complexity index is 908. The van der Waals surface area contributed by atoms with Crippen LogP contribution in [0.15, 0.2) is 66.7 Å². The summed E-state index contributed by atoms with van der Waals surface area (Å²) in [6, 6.07) is 21.2. The summed E-state index contributed by atoms with van der Waals surface area (Å²) >= 11 is 0. The van der Waals surface area contributed by atoms with Crippen molar-refractivity contribution in [2.45, 2.75) is 13.0 Å². The van der Waals surface area contributed by atoms with Crippen molar-refractivity contribution in [1.29, 1.82) is 0 Å². The molecule has 0 spiro atoms. The molecule has 3 aromatic rings. The quantitative estimate of drug-likeness (QED) is 0.517. The second kappa shape index (κ2) is 8.30. The largest absolute Gasteiger partial charge is 0.465 e. The Kier molecular flexibility index (Phi) is 5.64. The third-order valence-corrected chi connectivity index (χ3v) is 4.46. The molecule has 0 saturated heterocycles. The van der Waals surface area contributed by atoms with E-state index >= 15 is 0 Å². The maximum Gasteiger partial charge on any atom is 0.413 e. The van der Waals surface area contributed by atoms with Crippen LogP contribution < -0.4 is 21.7 Å². The van der Waals surface area contributed by atoms with E-state index in [1.165, 1.54) is 0 Å². The van der Waals surface area contributed by atoms with Crippen molar-refractivity contribution >= 4 is 29.1 Å². The van der Waals surface area contributed by atoms with Crippen LogP contribution in [-0.4, -0.2) is 22.7 Å². The molecule has 0 atom stereocenters. The van der Waals surface area contributed by atoms with Gasteiger partial charge in [-0.3, -0.25) is 4.90 Å². The van der Waals surface area contributed by atoms with E-state index < -0.39 is 6.09 Å². The fourth-order valence-corrected chi connectivity index (χ4v) is 3.02. The van der Waals surface area contributed by atoms with Gasteiger partial charge in [0.2, 0.25) is 0 Å². The SMILES string of the molecule is CCN(C(=O)O)c1cc(NC(c2ccccc2)c2ccccc2)c(N)c(N)n1. The van der Waals surface area contributed by atoms with Crippen LogP contribution in [0.4, 0.5) is 27.8 Å². The zero-order chi connectivity index (χ0) is 20.1. The number of amides is 1. The number of hydrogen-bond donors (Lipinski definition) is 4. The summed E-state index contributed by atoms with van der Waals surface area (Å²) in [6.07, 6.45) is -1.10. The predicted octanol–water partition coefficient (Wildman–Crippen LogP) is 3.95. The molecule has 28 heavy (non-hydrogen) atoms. The Balaban J connectivity index is 2.06. The van der Waals surface area contributed by atoms with Crippen molar-refractivity contribution in [1.82, 2.24) is 4.98 Å². The smallest absolute Gasteiger partial charge is 0.413 e. The highest BCUT2D eigenvalue weighted by atomic mass is 16.4. The Hall–Kier alpha value is -3.74. The number of anilines is 4. The summed E-state index contributed by atoms with van der Waals surface area (Å²) in [7, 11) is 0. The summed E-state index contributed by atoms with van der Waals surface area (Å²) in [5.41, 5.74) is 15.0. The molecule has 7 nitrogen and oxygen atoms in total. The van der Waals surface area contributed by atoms with Gasteiger partial charge in [0.1, 0.15) is 5.82 Å². The summed E-state index contributed by atoms with van der Waals surface area (Å²) in [6.45, 7) is 1.97. The van der Waals surface area contributed by atoms with Crippen molar-refractivity contribution in [3.8, 4) is 0 Å². The number of carbonyl (C=O) groups is 1. The van der Waals surface area contributed by atoms with Gasteiger partial charge in [-0.25, -0.2) is 9.78 Å². The molecule has 6 N–H and O–H groups in total. The van der Waals surface area contributed by atoms with E-state index in [1.807, 2.05) is 60.7 Å². The molecule has 1 aromatic heterocycles. The molecule has 1 heterocycles. The lowest BCUT2D eigenvalue weighted by molar-refractivity contribution is 0.202. The Labute approximate surface area is 163 Å². The lowest BCUT2D eigenvalue weighted by atomic mass is 9.98. The Morgan fingerprint density at radius 3 is 2.07 bits per heavy atom. The second-order valence-electron chi connectivity index (χ2n) is 6.25. The van der Waals surface area contributed by atoms with E-state index in [9.17, 15) is 9.90 Å². The topological polar surface area (TPSA) is 118 Å².